The van der Waals surface area contributed by atoms with Gasteiger partial charge in [0.2, 0.25) is 5.91 Å². The molecule has 3 aromatic rings. The molecule has 1 amide bonds. The quantitative estimate of drug-likeness (QED) is 0.797. The van der Waals surface area contributed by atoms with Crippen LogP contribution in [0.15, 0.2) is 53.3 Å². The monoisotopic (exact) mass is 335 g/mol. The first kappa shape index (κ1) is 16.9. The zero-order valence-corrected chi connectivity index (χ0v) is 14.6. The molecule has 0 spiro atoms. The second-order valence-electron chi connectivity index (χ2n) is 6.24. The zero-order chi connectivity index (χ0) is 18.0. The van der Waals surface area contributed by atoms with Crippen molar-refractivity contribution in [1.29, 1.82) is 0 Å². The predicted molar refractivity (Wildman–Crippen MR) is 98.5 cm³/mol. The number of hydrogen-bond donors (Lipinski definition) is 1. The topological polar surface area (TPSA) is 64.0 Å². The molecular weight excluding hydrogens is 314 g/mol. The van der Waals surface area contributed by atoms with Crippen LogP contribution in [0, 0.1) is 13.8 Å². The Labute approximate surface area is 146 Å². The lowest BCUT2D eigenvalue weighted by atomic mass is 10.0. The highest BCUT2D eigenvalue weighted by Crippen LogP contribution is 2.16. The lowest BCUT2D eigenvalue weighted by Crippen LogP contribution is -2.35. The number of aromatic nitrogens is 2. The van der Waals surface area contributed by atoms with Crippen molar-refractivity contribution >= 4 is 16.7 Å². The summed E-state index contributed by atoms with van der Waals surface area (Å²) in [6.07, 6.45) is 0. The minimum absolute atomic E-state index is 0.0965. The van der Waals surface area contributed by atoms with E-state index in [0.29, 0.717) is 5.39 Å². The molecule has 5 heteroatoms. The van der Waals surface area contributed by atoms with E-state index < -0.39 is 0 Å². The molecule has 1 heterocycles. The van der Waals surface area contributed by atoms with E-state index in [1.54, 1.807) is 6.07 Å². The fourth-order valence-corrected chi connectivity index (χ4v) is 3.09. The SMILES string of the molecule is Cc1ccccc1[C@H](C)NC(=O)Cn1nc(C)c2ccccc2c1=O. The first-order valence-electron chi connectivity index (χ1n) is 8.28. The number of aryl methyl sites for hydroxylation is 2. The van der Waals surface area contributed by atoms with Gasteiger partial charge in [0.1, 0.15) is 6.54 Å². The zero-order valence-electron chi connectivity index (χ0n) is 14.6. The third-order valence-electron chi connectivity index (χ3n) is 4.38. The molecule has 1 aromatic heterocycles. The summed E-state index contributed by atoms with van der Waals surface area (Å²) in [4.78, 5) is 24.9. The van der Waals surface area contributed by atoms with E-state index in [0.717, 1.165) is 22.2 Å². The molecule has 0 saturated carbocycles. The van der Waals surface area contributed by atoms with Crippen LogP contribution in [0.5, 0.6) is 0 Å². The highest BCUT2D eigenvalue weighted by Gasteiger charge is 2.14. The van der Waals surface area contributed by atoms with E-state index in [9.17, 15) is 9.59 Å². The largest absolute Gasteiger partial charge is 0.348 e. The molecule has 0 radical (unpaired) electrons. The normalized spacial score (nSPS) is 12.1. The number of amides is 1. The average molecular weight is 335 g/mol. The summed E-state index contributed by atoms with van der Waals surface area (Å²) < 4.78 is 1.23. The molecule has 0 fully saturated rings. The molecule has 3 rings (SSSR count). The van der Waals surface area contributed by atoms with Crippen LogP contribution in [0.3, 0.4) is 0 Å². The van der Waals surface area contributed by atoms with Crippen molar-refractivity contribution in [1.82, 2.24) is 15.1 Å². The molecule has 0 saturated heterocycles. The van der Waals surface area contributed by atoms with Crippen molar-refractivity contribution < 1.29 is 4.79 Å². The summed E-state index contributed by atoms with van der Waals surface area (Å²) in [5.74, 6) is -0.236. The number of carbonyl (C=O) groups is 1. The number of nitrogens with one attached hydrogen (secondary N) is 1. The van der Waals surface area contributed by atoms with Crippen LogP contribution in [0.25, 0.3) is 10.8 Å². The summed E-state index contributed by atoms with van der Waals surface area (Å²) >= 11 is 0. The second kappa shape index (κ2) is 6.89. The Kier molecular flexibility index (Phi) is 4.65. The van der Waals surface area contributed by atoms with Gasteiger partial charge in [0.25, 0.3) is 5.56 Å². The first-order valence-corrected chi connectivity index (χ1v) is 8.28. The van der Waals surface area contributed by atoms with Gasteiger partial charge in [-0.3, -0.25) is 9.59 Å². The molecule has 25 heavy (non-hydrogen) atoms. The Morgan fingerprint density at radius 2 is 1.72 bits per heavy atom. The number of carbonyl (C=O) groups excluding carboxylic acids is 1. The lowest BCUT2D eigenvalue weighted by molar-refractivity contribution is -0.122. The van der Waals surface area contributed by atoms with Crippen molar-refractivity contribution in [3.05, 3.63) is 75.7 Å². The van der Waals surface area contributed by atoms with E-state index in [1.165, 1.54) is 4.68 Å². The van der Waals surface area contributed by atoms with Crippen LogP contribution in [-0.4, -0.2) is 15.7 Å². The number of fused-ring (bicyclic) bond motifs is 1. The van der Waals surface area contributed by atoms with Crippen LogP contribution in [0.2, 0.25) is 0 Å². The average Bonchev–Trinajstić information content (AvgIpc) is 2.59. The fraction of sp³-hybridized carbons (Fsp3) is 0.250. The smallest absolute Gasteiger partial charge is 0.275 e. The second-order valence-corrected chi connectivity index (χ2v) is 6.24. The standard InChI is InChI=1S/C20H21N3O2/c1-13-8-4-5-9-16(13)14(2)21-19(24)12-23-20(25)18-11-7-6-10-17(18)15(3)22-23/h4-11,14H,12H2,1-3H3,(H,21,24)/t14-/m0/s1. The van der Waals surface area contributed by atoms with Gasteiger partial charge < -0.3 is 5.32 Å². The minimum Gasteiger partial charge on any atom is -0.348 e. The molecule has 0 bridgehead atoms. The van der Waals surface area contributed by atoms with Gasteiger partial charge in [-0.2, -0.15) is 5.10 Å². The van der Waals surface area contributed by atoms with Gasteiger partial charge in [-0.1, -0.05) is 42.5 Å². The van der Waals surface area contributed by atoms with Crippen molar-refractivity contribution in [3.8, 4) is 0 Å². The maximum Gasteiger partial charge on any atom is 0.275 e. The summed E-state index contributed by atoms with van der Waals surface area (Å²) in [7, 11) is 0. The van der Waals surface area contributed by atoms with E-state index in [2.05, 4.69) is 10.4 Å². The molecule has 0 aliphatic carbocycles. The highest BCUT2D eigenvalue weighted by molar-refractivity contribution is 5.83. The number of hydrogen-bond acceptors (Lipinski definition) is 3. The van der Waals surface area contributed by atoms with Gasteiger partial charge in [0, 0.05) is 5.39 Å². The van der Waals surface area contributed by atoms with Crippen molar-refractivity contribution in [2.24, 2.45) is 0 Å². The van der Waals surface area contributed by atoms with Gasteiger partial charge >= 0.3 is 0 Å². The van der Waals surface area contributed by atoms with Gasteiger partial charge in [0.15, 0.2) is 0 Å². The molecular formula is C20H21N3O2. The Hall–Kier alpha value is -2.95. The van der Waals surface area contributed by atoms with E-state index >= 15 is 0 Å². The van der Waals surface area contributed by atoms with E-state index in [4.69, 9.17) is 0 Å². The summed E-state index contributed by atoms with van der Waals surface area (Å²) in [6.45, 7) is 5.69. The predicted octanol–water partition coefficient (Wildman–Crippen LogP) is 2.89. The number of rotatable bonds is 4. The molecule has 1 atom stereocenters. The van der Waals surface area contributed by atoms with Gasteiger partial charge in [0.05, 0.1) is 17.1 Å². The van der Waals surface area contributed by atoms with Gasteiger partial charge in [-0.05, 0) is 38.0 Å². The van der Waals surface area contributed by atoms with Gasteiger partial charge in [-0.25, -0.2) is 4.68 Å². The van der Waals surface area contributed by atoms with Crippen LogP contribution in [0.4, 0.5) is 0 Å². The summed E-state index contributed by atoms with van der Waals surface area (Å²) in [5, 5.41) is 8.62. The minimum atomic E-state index is -0.250. The van der Waals surface area contributed by atoms with E-state index in [-0.39, 0.29) is 24.1 Å². The number of nitrogens with zero attached hydrogens (tertiary/aromatic N) is 2. The van der Waals surface area contributed by atoms with Crippen molar-refractivity contribution in [2.75, 3.05) is 0 Å². The Bertz CT molecular complexity index is 992. The molecule has 0 aliphatic heterocycles. The van der Waals surface area contributed by atoms with E-state index in [1.807, 2.05) is 63.2 Å². The van der Waals surface area contributed by atoms with Crippen molar-refractivity contribution in [3.63, 3.8) is 0 Å². The third-order valence-corrected chi connectivity index (χ3v) is 4.38. The molecule has 1 N–H and O–H groups in total. The molecule has 0 aliphatic rings. The number of benzene rings is 2. The van der Waals surface area contributed by atoms with Crippen LogP contribution < -0.4 is 10.9 Å². The maximum absolute atomic E-state index is 12.5. The molecule has 2 aromatic carbocycles. The molecule has 5 nitrogen and oxygen atoms in total. The highest BCUT2D eigenvalue weighted by atomic mass is 16.2. The van der Waals surface area contributed by atoms with Crippen LogP contribution >= 0.6 is 0 Å². The van der Waals surface area contributed by atoms with Crippen molar-refractivity contribution in [2.45, 2.75) is 33.4 Å². The summed E-state index contributed by atoms with van der Waals surface area (Å²) in [6, 6.07) is 15.1. The van der Waals surface area contributed by atoms with Crippen LogP contribution in [0.1, 0.15) is 29.8 Å². The fourth-order valence-electron chi connectivity index (χ4n) is 3.09. The van der Waals surface area contributed by atoms with Gasteiger partial charge in [-0.15, -0.1) is 0 Å². The first-order chi connectivity index (χ1) is 12.0. The molecule has 0 unspecified atom stereocenters. The van der Waals surface area contributed by atoms with Crippen LogP contribution in [-0.2, 0) is 11.3 Å². The third kappa shape index (κ3) is 3.45. The Balaban J connectivity index is 1.82. The summed E-state index contributed by atoms with van der Waals surface area (Å²) in [5.41, 5.74) is 2.66. The molecule has 128 valence electrons. The lowest BCUT2D eigenvalue weighted by Gasteiger charge is -2.17. The Morgan fingerprint density at radius 3 is 2.44 bits per heavy atom. The maximum atomic E-state index is 12.5. The Morgan fingerprint density at radius 1 is 1.08 bits per heavy atom.